The van der Waals surface area contributed by atoms with Crippen LogP contribution in [0.5, 0.6) is 0 Å². The molecule has 1 heterocycles. The van der Waals surface area contributed by atoms with E-state index in [-0.39, 0.29) is 0 Å². The van der Waals surface area contributed by atoms with Gasteiger partial charge in [0.05, 0.1) is 17.9 Å². The Morgan fingerprint density at radius 3 is 2.81 bits per heavy atom. The largest absolute Gasteiger partial charge is 0.382 e. The maximum atomic E-state index is 5.55. The Morgan fingerprint density at radius 2 is 2.19 bits per heavy atom. The third-order valence-corrected chi connectivity index (χ3v) is 2.99. The van der Waals surface area contributed by atoms with E-state index in [1.54, 1.807) is 0 Å². The van der Waals surface area contributed by atoms with Crippen LogP contribution in [0.3, 0.4) is 0 Å². The lowest BCUT2D eigenvalue weighted by Gasteiger charge is -2.19. The standard InChI is InChI=1S/C11H13BrN4/c1-16(7-8-6-11(13)15-14-8)10-5-3-2-4-9(10)12/h2-6H,7H2,1H3,(H3,13,14,15). The third-order valence-electron chi connectivity index (χ3n) is 2.32. The zero-order valence-electron chi connectivity index (χ0n) is 8.94. The highest BCUT2D eigenvalue weighted by molar-refractivity contribution is 9.10. The van der Waals surface area contributed by atoms with Crippen molar-refractivity contribution in [1.29, 1.82) is 0 Å². The summed E-state index contributed by atoms with van der Waals surface area (Å²) in [4.78, 5) is 2.12. The van der Waals surface area contributed by atoms with Crippen LogP contribution in [0.15, 0.2) is 34.8 Å². The summed E-state index contributed by atoms with van der Waals surface area (Å²) in [6.07, 6.45) is 0. The Morgan fingerprint density at radius 1 is 1.44 bits per heavy atom. The summed E-state index contributed by atoms with van der Waals surface area (Å²) in [7, 11) is 2.02. The molecule has 0 aliphatic rings. The molecule has 0 amide bonds. The third kappa shape index (κ3) is 2.36. The highest BCUT2D eigenvalue weighted by atomic mass is 79.9. The fourth-order valence-electron chi connectivity index (χ4n) is 1.56. The Bertz CT molecular complexity index is 480. The van der Waals surface area contributed by atoms with Gasteiger partial charge in [0, 0.05) is 17.6 Å². The van der Waals surface area contributed by atoms with Gasteiger partial charge < -0.3 is 10.6 Å². The number of anilines is 2. The number of rotatable bonds is 3. The van der Waals surface area contributed by atoms with Crippen LogP contribution in [0.25, 0.3) is 0 Å². The molecule has 1 aromatic carbocycles. The van der Waals surface area contributed by atoms with Crippen molar-refractivity contribution in [2.75, 3.05) is 17.7 Å². The molecular formula is C11H13BrN4. The Kier molecular flexibility index (Phi) is 3.14. The van der Waals surface area contributed by atoms with Gasteiger partial charge in [-0.25, -0.2) is 0 Å². The molecule has 3 N–H and O–H groups in total. The predicted octanol–water partition coefficient (Wildman–Crippen LogP) is 2.39. The number of nitrogens with zero attached hydrogens (tertiary/aromatic N) is 2. The summed E-state index contributed by atoms with van der Waals surface area (Å²) in [6, 6.07) is 9.93. The maximum Gasteiger partial charge on any atom is 0.145 e. The maximum absolute atomic E-state index is 5.55. The minimum absolute atomic E-state index is 0.524. The SMILES string of the molecule is CN(Cc1cc(N)n[nH]1)c1ccccc1Br. The Balaban J connectivity index is 2.14. The molecule has 0 radical (unpaired) electrons. The van der Waals surface area contributed by atoms with Crippen molar-refractivity contribution in [3.05, 3.63) is 40.5 Å². The van der Waals surface area contributed by atoms with Crippen molar-refractivity contribution < 1.29 is 0 Å². The van der Waals surface area contributed by atoms with Gasteiger partial charge in [-0.1, -0.05) is 12.1 Å². The van der Waals surface area contributed by atoms with E-state index < -0.39 is 0 Å². The molecule has 0 spiro atoms. The quantitative estimate of drug-likeness (QED) is 0.908. The molecule has 0 fully saturated rings. The van der Waals surface area contributed by atoms with Crippen LogP contribution in [0, 0.1) is 0 Å². The zero-order valence-corrected chi connectivity index (χ0v) is 10.5. The van der Waals surface area contributed by atoms with Crippen LogP contribution in [-0.4, -0.2) is 17.2 Å². The van der Waals surface area contributed by atoms with Gasteiger partial charge >= 0.3 is 0 Å². The van der Waals surface area contributed by atoms with E-state index in [4.69, 9.17) is 5.73 Å². The second kappa shape index (κ2) is 4.57. The average molecular weight is 281 g/mol. The lowest BCUT2D eigenvalue weighted by Crippen LogP contribution is -2.16. The Labute approximate surface area is 103 Å². The van der Waals surface area contributed by atoms with Crippen molar-refractivity contribution >= 4 is 27.4 Å². The van der Waals surface area contributed by atoms with E-state index in [0.29, 0.717) is 5.82 Å². The summed E-state index contributed by atoms with van der Waals surface area (Å²) < 4.78 is 1.07. The molecule has 5 heteroatoms. The van der Waals surface area contributed by atoms with Gasteiger partial charge in [-0.05, 0) is 28.1 Å². The zero-order chi connectivity index (χ0) is 11.5. The van der Waals surface area contributed by atoms with Gasteiger partial charge in [-0.15, -0.1) is 0 Å². The number of benzene rings is 1. The number of hydrogen-bond donors (Lipinski definition) is 2. The minimum Gasteiger partial charge on any atom is -0.382 e. The van der Waals surface area contributed by atoms with Crippen LogP contribution < -0.4 is 10.6 Å². The fraction of sp³-hybridized carbons (Fsp3) is 0.182. The van der Waals surface area contributed by atoms with Crippen LogP contribution in [-0.2, 0) is 6.54 Å². The summed E-state index contributed by atoms with van der Waals surface area (Å²) in [5, 5.41) is 6.79. The number of halogens is 1. The number of nitrogen functional groups attached to an aromatic ring is 1. The first-order valence-electron chi connectivity index (χ1n) is 4.92. The van der Waals surface area contributed by atoms with Gasteiger partial charge in [0.2, 0.25) is 0 Å². The van der Waals surface area contributed by atoms with E-state index >= 15 is 0 Å². The number of H-pyrrole nitrogens is 1. The van der Waals surface area contributed by atoms with E-state index in [1.165, 1.54) is 0 Å². The van der Waals surface area contributed by atoms with Crippen LogP contribution >= 0.6 is 15.9 Å². The molecule has 0 unspecified atom stereocenters. The van der Waals surface area contributed by atoms with Crippen molar-refractivity contribution in [3.8, 4) is 0 Å². The highest BCUT2D eigenvalue weighted by Crippen LogP contribution is 2.25. The monoisotopic (exact) mass is 280 g/mol. The minimum atomic E-state index is 0.524. The van der Waals surface area contributed by atoms with E-state index in [2.05, 4.69) is 37.1 Å². The van der Waals surface area contributed by atoms with Gasteiger partial charge in [0.15, 0.2) is 0 Å². The molecule has 2 rings (SSSR count). The van der Waals surface area contributed by atoms with Crippen LogP contribution in [0.2, 0.25) is 0 Å². The molecule has 0 bridgehead atoms. The molecule has 0 aliphatic heterocycles. The lowest BCUT2D eigenvalue weighted by molar-refractivity contribution is 0.868. The number of nitrogens with two attached hydrogens (primary N) is 1. The van der Waals surface area contributed by atoms with Gasteiger partial charge in [0.1, 0.15) is 5.82 Å². The summed E-state index contributed by atoms with van der Waals surface area (Å²) >= 11 is 3.52. The van der Waals surface area contributed by atoms with Crippen molar-refractivity contribution in [2.45, 2.75) is 6.54 Å². The second-order valence-electron chi connectivity index (χ2n) is 3.63. The van der Waals surface area contributed by atoms with Gasteiger partial charge in [0.25, 0.3) is 0 Å². The molecule has 1 aromatic heterocycles. The normalized spacial score (nSPS) is 10.4. The first kappa shape index (κ1) is 11.0. The first-order chi connectivity index (χ1) is 7.66. The first-order valence-corrected chi connectivity index (χ1v) is 5.71. The lowest BCUT2D eigenvalue weighted by atomic mass is 10.3. The van der Waals surface area contributed by atoms with Gasteiger partial charge in [-0.2, -0.15) is 5.10 Å². The molecule has 16 heavy (non-hydrogen) atoms. The topological polar surface area (TPSA) is 57.9 Å². The molecule has 0 saturated heterocycles. The smallest absolute Gasteiger partial charge is 0.145 e. The van der Waals surface area contributed by atoms with E-state index in [1.807, 2.05) is 31.3 Å². The van der Waals surface area contributed by atoms with E-state index in [9.17, 15) is 0 Å². The molecule has 4 nitrogen and oxygen atoms in total. The second-order valence-corrected chi connectivity index (χ2v) is 4.48. The summed E-state index contributed by atoms with van der Waals surface area (Å²) in [5.74, 6) is 0.524. The van der Waals surface area contributed by atoms with Crippen LogP contribution in [0.1, 0.15) is 5.69 Å². The predicted molar refractivity (Wildman–Crippen MR) is 69.2 cm³/mol. The molecule has 2 aromatic rings. The van der Waals surface area contributed by atoms with Gasteiger partial charge in [-0.3, -0.25) is 5.10 Å². The molecule has 0 saturated carbocycles. The molecule has 0 atom stereocenters. The summed E-state index contributed by atoms with van der Waals surface area (Å²) in [5.41, 5.74) is 7.68. The molecule has 84 valence electrons. The Hall–Kier alpha value is -1.49. The molecule has 0 aliphatic carbocycles. The van der Waals surface area contributed by atoms with Crippen molar-refractivity contribution in [2.24, 2.45) is 0 Å². The number of aromatic nitrogens is 2. The average Bonchev–Trinajstić information content (AvgIpc) is 2.64. The number of nitrogens with one attached hydrogen (secondary N) is 1. The van der Waals surface area contributed by atoms with Crippen molar-refractivity contribution in [1.82, 2.24) is 10.2 Å². The molecular weight excluding hydrogens is 268 g/mol. The summed E-state index contributed by atoms with van der Waals surface area (Å²) in [6.45, 7) is 0.743. The highest BCUT2D eigenvalue weighted by Gasteiger charge is 2.06. The van der Waals surface area contributed by atoms with Crippen molar-refractivity contribution in [3.63, 3.8) is 0 Å². The number of aromatic amines is 1. The van der Waals surface area contributed by atoms with E-state index in [0.717, 1.165) is 22.4 Å². The fourth-order valence-corrected chi connectivity index (χ4v) is 2.15. The number of para-hydroxylation sites is 1. The van der Waals surface area contributed by atoms with Crippen LogP contribution in [0.4, 0.5) is 11.5 Å². The number of hydrogen-bond acceptors (Lipinski definition) is 3.